The lowest BCUT2D eigenvalue weighted by Crippen LogP contribution is -2.18. The van der Waals surface area contributed by atoms with Gasteiger partial charge in [0.05, 0.1) is 6.61 Å². The Bertz CT molecular complexity index is 497. The Morgan fingerprint density at radius 2 is 2.00 bits per heavy atom. The number of rotatable bonds is 2. The number of carbonyl (C=O) groups excluding carboxylic acids is 1. The number of benzene rings is 1. The number of carbonyl (C=O) groups is 1. The first-order chi connectivity index (χ1) is 8.56. The molecular weight excluding hydrogens is 293 g/mol. The van der Waals surface area contributed by atoms with Gasteiger partial charge in [-0.15, -0.1) is 11.8 Å². The van der Waals surface area contributed by atoms with Crippen molar-refractivity contribution in [3.05, 3.63) is 38.9 Å². The van der Waals surface area contributed by atoms with Gasteiger partial charge in [0.25, 0.3) is 5.91 Å². The summed E-state index contributed by atoms with van der Waals surface area (Å²) < 4.78 is 5.34. The largest absolute Gasteiger partial charge is 0.496 e. The zero-order valence-corrected chi connectivity index (χ0v) is 12.0. The summed E-state index contributed by atoms with van der Waals surface area (Å²) in [5.41, 5.74) is 0.573. The fourth-order valence-electron chi connectivity index (χ4n) is 1.54. The molecule has 3 nitrogen and oxygen atoms in total. The van der Waals surface area contributed by atoms with Crippen molar-refractivity contribution in [1.82, 2.24) is 0 Å². The highest BCUT2D eigenvalue weighted by molar-refractivity contribution is 8.04. The van der Waals surface area contributed by atoms with Crippen molar-refractivity contribution >= 4 is 46.6 Å². The molecule has 1 aliphatic heterocycles. The van der Waals surface area contributed by atoms with E-state index in [9.17, 15) is 4.79 Å². The number of hydrogen-bond donors (Lipinski definition) is 1. The molecule has 1 heterocycles. The number of allylic oxidation sites excluding steroid dienone is 1. The zero-order chi connectivity index (χ0) is 13.1. The summed E-state index contributed by atoms with van der Waals surface area (Å²) in [6, 6.07) is 4.91. The van der Waals surface area contributed by atoms with E-state index in [0.717, 1.165) is 5.75 Å². The summed E-state index contributed by atoms with van der Waals surface area (Å²) in [6.45, 7) is 2.42. The predicted molar refractivity (Wildman–Crippen MR) is 76.2 cm³/mol. The Hall–Kier alpha value is -0.840. The summed E-state index contributed by atoms with van der Waals surface area (Å²) in [5, 5.41) is 3.72. The monoisotopic (exact) mass is 303 g/mol. The van der Waals surface area contributed by atoms with Gasteiger partial charge in [-0.05, 0) is 25.1 Å². The molecule has 0 spiro atoms. The minimum atomic E-state index is -0.199. The van der Waals surface area contributed by atoms with E-state index in [-0.39, 0.29) is 5.91 Å². The van der Waals surface area contributed by atoms with Gasteiger partial charge in [-0.3, -0.25) is 4.79 Å². The Morgan fingerprint density at radius 1 is 1.33 bits per heavy atom. The summed E-state index contributed by atoms with van der Waals surface area (Å²) in [5.74, 6) is 1.23. The molecule has 0 radical (unpaired) electrons. The lowest BCUT2D eigenvalue weighted by atomic mass is 10.3. The van der Waals surface area contributed by atoms with E-state index in [1.165, 1.54) is 11.8 Å². The van der Waals surface area contributed by atoms with Crippen LogP contribution in [0.3, 0.4) is 0 Å². The molecule has 1 aromatic rings. The molecule has 0 bridgehead atoms. The van der Waals surface area contributed by atoms with Gasteiger partial charge in [-0.1, -0.05) is 23.2 Å². The third kappa shape index (κ3) is 3.34. The van der Waals surface area contributed by atoms with Crippen LogP contribution in [-0.4, -0.2) is 18.3 Å². The van der Waals surface area contributed by atoms with Gasteiger partial charge in [0.1, 0.15) is 10.7 Å². The van der Waals surface area contributed by atoms with Crippen molar-refractivity contribution in [2.45, 2.75) is 6.92 Å². The molecule has 96 valence electrons. The van der Waals surface area contributed by atoms with E-state index in [1.54, 1.807) is 25.1 Å². The lowest BCUT2D eigenvalue weighted by molar-refractivity contribution is -0.112. The number of thioether (sulfide) groups is 1. The smallest absolute Gasteiger partial charge is 0.265 e. The van der Waals surface area contributed by atoms with Crippen molar-refractivity contribution < 1.29 is 9.53 Å². The molecule has 0 fully saturated rings. The second kappa shape index (κ2) is 5.87. The minimum Gasteiger partial charge on any atom is -0.496 e. The summed E-state index contributed by atoms with van der Waals surface area (Å²) in [4.78, 5) is 12.6. The molecule has 0 unspecified atom stereocenters. The standard InChI is InChI=1S/C12H11Cl2NO2S/c1-7-11(18-3-2-17-7)12(16)15-10-5-8(13)4-9(14)6-10/h4-6H,2-3H2,1H3,(H,15,16). The van der Waals surface area contributed by atoms with E-state index < -0.39 is 0 Å². The van der Waals surface area contributed by atoms with Crippen molar-refractivity contribution in [2.75, 3.05) is 17.7 Å². The molecule has 0 aliphatic carbocycles. The quantitative estimate of drug-likeness (QED) is 0.899. The third-order valence-electron chi connectivity index (χ3n) is 2.29. The Balaban J connectivity index is 2.16. The Kier molecular flexibility index (Phi) is 4.43. The van der Waals surface area contributed by atoms with Gasteiger partial charge in [0, 0.05) is 21.5 Å². The molecule has 0 atom stereocenters. The molecular formula is C12H11Cl2NO2S. The van der Waals surface area contributed by atoms with Gasteiger partial charge in [-0.25, -0.2) is 0 Å². The molecule has 0 saturated carbocycles. The first kappa shape index (κ1) is 13.6. The van der Waals surface area contributed by atoms with Gasteiger partial charge >= 0.3 is 0 Å². The van der Waals surface area contributed by atoms with Crippen molar-refractivity contribution in [3.8, 4) is 0 Å². The second-order valence-electron chi connectivity index (χ2n) is 3.69. The van der Waals surface area contributed by atoms with E-state index in [2.05, 4.69) is 5.32 Å². The third-order valence-corrected chi connectivity index (χ3v) is 3.86. The highest BCUT2D eigenvalue weighted by Gasteiger charge is 2.18. The van der Waals surface area contributed by atoms with Crippen molar-refractivity contribution in [2.24, 2.45) is 0 Å². The normalized spacial score (nSPS) is 15.3. The first-order valence-electron chi connectivity index (χ1n) is 5.30. The summed E-state index contributed by atoms with van der Waals surface area (Å²) in [6.07, 6.45) is 0. The SMILES string of the molecule is CC1=C(C(=O)Nc2cc(Cl)cc(Cl)c2)SCCO1. The van der Waals surface area contributed by atoms with Crippen LogP contribution in [0, 0.1) is 0 Å². The van der Waals surface area contributed by atoms with E-state index in [1.807, 2.05) is 0 Å². The molecule has 1 aliphatic rings. The molecule has 1 amide bonds. The average Bonchev–Trinajstić information content (AvgIpc) is 2.27. The maximum absolute atomic E-state index is 12.0. The highest BCUT2D eigenvalue weighted by atomic mass is 35.5. The lowest BCUT2D eigenvalue weighted by Gasteiger charge is -2.17. The van der Waals surface area contributed by atoms with Crippen LogP contribution >= 0.6 is 35.0 Å². The molecule has 0 saturated heterocycles. The number of hydrogen-bond acceptors (Lipinski definition) is 3. The summed E-state index contributed by atoms with van der Waals surface area (Å²) in [7, 11) is 0. The van der Waals surface area contributed by atoms with Crippen molar-refractivity contribution in [1.29, 1.82) is 0 Å². The molecule has 18 heavy (non-hydrogen) atoms. The van der Waals surface area contributed by atoms with Crippen molar-refractivity contribution in [3.63, 3.8) is 0 Å². The first-order valence-corrected chi connectivity index (χ1v) is 7.04. The van der Waals surface area contributed by atoms with Crippen LogP contribution in [0.25, 0.3) is 0 Å². The van der Waals surface area contributed by atoms with Crippen LogP contribution in [0.2, 0.25) is 10.0 Å². The molecule has 6 heteroatoms. The van der Waals surface area contributed by atoms with Gasteiger partial charge in [0.15, 0.2) is 0 Å². The van der Waals surface area contributed by atoms with Gasteiger partial charge in [-0.2, -0.15) is 0 Å². The fraction of sp³-hybridized carbons (Fsp3) is 0.250. The van der Waals surface area contributed by atoms with E-state index >= 15 is 0 Å². The minimum absolute atomic E-state index is 0.199. The van der Waals surface area contributed by atoms with Crippen LogP contribution in [-0.2, 0) is 9.53 Å². The van der Waals surface area contributed by atoms with Gasteiger partial charge < -0.3 is 10.1 Å². The van der Waals surface area contributed by atoms with Crippen LogP contribution in [0.15, 0.2) is 28.9 Å². The average molecular weight is 304 g/mol. The number of amides is 1. The molecule has 0 aromatic heterocycles. The Morgan fingerprint density at radius 3 is 2.61 bits per heavy atom. The fourth-order valence-corrected chi connectivity index (χ4v) is 2.89. The molecule has 1 aromatic carbocycles. The van der Waals surface area contributed by atoms with E-state index in [0.29, 0.717) is 33.0 Å². The molecule has 1 N–H and O–H groups in total. The van der Waals surface area contributed by atoms with Crippen LogP contribution in [0.5, 0.6) is 0 Å². The maximum Gasteiger partial charge on any atom is 0.265 e. The topological polar surface area (TPSA) is 38.3 Å². The number of nitrogens with one attached hydrogen (secondary N) is 1. The molecule has 2 rings (SSSR count). The highest BCUT2D eigenvalue weighted by Crippen LogP contribution is 2.28. The predicted octanol–water partition coefficient (Wildman–Crippen LogP) is 3.93. The zero-order valence-electron chi connectivity index (χ0n) is 9.63. The maximum atomic E-state index is 12.0. The van der Waals surface area contributed by atoms with E-state index in [4.69, 9.17) is 27.9 Å². The number of halogens is 2. The second-order valence-corrected chi connectivity index (χ2v) is 5.67. The Labute approximate surface area is 119 Å². The van der Waals surface area contributed by atoms with Crippen LogP contribution in [0.4, 0.5) is 5.69 Å². The summed E-state index contributed by atoms with van der Waals surface area (Å²) >= 11 is 13.2. The van der Waals surface area contributed by atoms with Gasteiger partial charge in [0.2, 0.25) is 0 Å². The number of anilines is 1. The number of ether oxygens (including phenoxy) is 1. The van der Waals surface area contributed by atoms with Crippen LogP contribution < -0.4 is 5.32 Å². The van der Waals surface area contributed by atoms with Crippen LogP contribution in [0.1, 0.15) is 6.92 Å².